The van der Waals surface area contributed by atoms with Gasteiger partial charge in [-0.3, -0.25) is 9.59 Å². The van der Waals surface area contributed by atoms with Gasteiger partial charge in [-0.25, -0.2) is 9.18 Å². The van der Waals surface area contributed by atoms with Crippen molar-refractivity contribution in [2.24, 2.45) is 5.92 Å². The number of ketones is 1. The molecule has 0 fully saturated rings. The molecule has 1 aliphatic carbocycles. The first kappa shape index (κ1) is 22.0. The summed E-state index contributed by atoms with van der Waals surface area (Å²) in [5.74, 6) is -4.52. The van der Waals surface area contributed by atoms with Crippen molar-refractivity contribution < 1.29 is 28.2 Å². The Labute approximate surface area is 188 Å². The van der Waals surface area contributed by atoms with Crippen LogP contribution in [0.4, 0.5) is 4.39 Å². The molecule has 2 aliphatic rings. The molecule has 166 valence electrons. The van der Waals surface area contributed by atoms with Crippen LogP contribution in [-0.4, -0.2) is 31.9 Å². The molecule has 3 atom stereocenters. The normalized spacial score (nSPS) is 22.9. The van der Waals surface area contributed by atoms with Crippen molar-refractivity contribution in [2.75, 3.05) is 14.2 Å². The number of nitrogens with one attached hydrogen (secondary N) is 1. The van der Waals surface area contributed by atoms with Gasteiger partial charge < -0.3 is 14.8 Å². The van der Waals surface area contributed by atoms with E-state index in [0.29, 0.717) is 23.4 Å². The van der Waals surface area contributed by atoms with Crippen LogP contribution in [0.15, 0.2) is 64.3 Å². The van der Waals surface area contributed by atoms with Gasteiger partial charge in [0.1, 0.15) is 11.7 Å². The summed E-state index contributed by atoms with van der Waals surface area (Å²) in [6.45, 7) is 1.72. The van der Waals surface area contributed by atoms with Gasteiger partial charge in [-0.2, -0.15) is 0 Å². The predicted octanol–water partition coefficient (Wildman–Crippen LogP) is 3.82. The molecule has 1 N–H and O–H groups in total. The van der Waals surface area contributed by atoms with Gasteiger partial charge in [-0.1, -0.05) is 18.2 Å². The molecule has 6 nitrogen and oxygen atoms in total. The maximum absolute atomic E-state index is 14.1. The number of dihydropyridines is 1. The Kier molecular flexibility index (Phi) is 5.97. The molecule has 0 spiro atoms. The molecule has 8 heteroatoms. The molecular formula is C24H22FNO5S. The van der Waals surface area contributed by atoms with Crippen LogP contribution in [0.1, 0.15) is 35.6 Å². The third-order valence-electron chi connectivity index (χ3n) is 5.97. The van der Waals surface area contributed by atoms with Gasteiger partial charge >= 0.3 is 11.9 Å². The molecule has 4 rings (SSSR count). The second-order valence-electron chi connectivity index (χ2n) is 7.73. The van der Waals surface area contributed by atoms with Crippen LogP contribution in [0.5, 0.6) is 0 Å². The predicted molar refractivity (Wildman–Crippen MR) is 116 cm³/mol. The van der Waals surface area contributed by atoms with Crippen molar-refractivity contribution in [1.29, 1.82) is 0 Å². The fourth-order valence-electron chi connectivity index (χ4n) is 4.60. The number of allylic oxidation sites excluding steroid dienone is 3. The van der Waals surface area contributed by atoms with Crippen molar-refractivity contribution in [3.05, 3.63) is 80.6 Å². The first-order valence-corrected chi connectivity index (χ1v) is 10.9. The standard InChI is InChI=1S/C24H22FNO5S/c1-12-18(23(28)30-2)19(13-6-4-7-14(25)10-13)21-16(26-12)11-15(17-8-5-9-32-17)20(22(21)27)24(29)31-3/h4-10,15,19-20,26H,11H2,1-3H3/t15-,19-,20+/m1/s1. The largest absolute Gasteiger partial charge is 0.468 e. The molecule has 0 saturated heterocycles. The number of thiophene rings is 1. The maximum atomic E-state index is 14.1. The van der Waals surface area contributed by atoms with Crippen LogP contribution >= 0.6 is 11.3 Å². The highest BCUT2D eigenvalue weighted by Crippen LogP contribution is 2.48. The zero-order valence-electron chi connectivity index (χ0n) is 17.8. The van der Waals surface area contributed by atoms with Crippen molar-refractivity contribution in [3.8, 4) is 0 Å². The lowest BCUT2D eigenvalue weighted by atomic mass is 9.68. The Hall–Kier alpha value is -3.26. The molecule has 0 bridgehead atoms. The highest BCUT2D eigenvalue weighted by Gasteiger charge is 2.49. The number of carbonyl (C=O) groups excluding carboxylic acids is 3. The molecule has 32 heavy (non-hydrogen) atoms. The number of Topliss-reactive ketones (excluding diaryl/α,β-unsaturated/α-hetero) is 1. The Morgan fingerprint density at radius 3 is 2.56 bits per heavy atom. The second kappa shape index (κ2) is 8.70. The minimum absolute atomic E-state index is 0.211. The fourth-order valence-corrected chi connectivity index (χ4v) is 5.47. The molecule has 1 aromatic heterocycles. The molecule has 0 unspecified atom stereocenters. The van der Waals surface area contributed by atoms with Crippen molar-refractivity contribution >= 4 is 29.1 Å². The molecular weight excluding hydrogens is 433 g/mol. The van der Waals surface area contributed by atoms with Gasteiger partial charge in [0.2, 0.25) is 0 Å². The summed E-state index contributed by atoms with van der Waals surface area (Å²) in [5.41, 5.74) is 2.06. The van der Waals surface area contributed by atoms with E-state index in [1.165, 1.54) is 43.8 Å². The summed E-state index contributed by atoms with van der Waals surface area (Å²) in [5, 5.41) is 5.09. The maximum Gasteiger partial charge on any atom is 0.336 e. The van der Waals surface area contributed by atoms with E-state index in [9.17, 15) is 18.8 Å². The van der Waals surface area contributed by atoms with E-state index in [0.717, 1.165) is 4.88 Å². The minimum atomic E-state index is -1.06. The lowest BCUT2D eigenvalue weighted by Gasteiger charge is -2.39. The average Bonchev–Trinajstić information content (AvgIpc) is 3.32. The first-order valence-electron chi connectivity index (χ1n) is 10.1. The van der Waals surface area contributed by atoms with Gasteiger partial charge in [-0.05, 0) is 42.5 Å². The number of hydrogen-bond donors (Lipinski definition) is 1. The Balaban J connectivity index is 1.92. The SMILES string of the molecule is COC(=O)C1=C(C)NC2=C(C(=O)[C@@H](C(=O)OC)[C@@H](c3cccs3)C2)[C@@H]1c1cccc(F)c1. The molecule has 0 amide bonds. The number of benzene rings is 1. The van der Waals surface area contributed by atoms with Gasteiger partial charge in [0.05, 0.1) is 19.8 Å². The summed E-state index contributed by atoms with van der Waals surface area (Å²) in [6, 6.07) is 9.53. The fraction of sp³-hybridized carbons (Fsp3) is 0.292. The summed E-state index contributed by atoms with van der Waals surface area (Å²) in [4.78, 5) is 40.2. The van der Waals surface area contributed by atoms with Gasteiger partial charge in [0.25, 0.3) is 0 Å². The van der Waals surface area contributed by atoms with E-state index in [-0.39, 0.29) is 11.1 Å². The first-order chi connectivity index (χ1) is 15.4. The average molecular weight is 456 g/mol. The van der Waals surface area contributed by atoms with Crippen LogP contribution < -0.4 is 5.32 Å². The number of rotatable bonds is 4. The topological polar surface area (TPSA) is 81.7 Å². The van der Waals surface area contributed by atoms with E-state index in [2.05, 4.69) is 5.32 Å². The number of methoxy groups -OCH3 is 2. The number of ether oxygens (including phenoxy) is 2. The molecule has 2 heterocycles. The molecule has 1 aliphatic heterocycles. The quantitative estimate of drug-likeness (QED) is 0.558. The second-order valence-corrected chi connectivity index (χ2v) is 8.71. The summed E-state index contributed by atoms with van der Waals surface area (Å²) >= 11 is 1.47. The zero-order chi connectivity index (χ0) is 23.0. The van der Waals surface area contributed by atoms with E-state index < -0.39 is 41.3 Å². The summed E-state index contributed by atoms with van der Waals surface area (Å²) in [7, 11) is 2.50. The smallest absolute Gasteiger partial charge is 0.336 e. The Morgan fingerprint density at radius 2 is 1.94 bits per heavy atom. The van der Waals surface area contributed by atoms with Crippen LogP contribution in [0, 0.1) is 11.7 Å². The van der Waals surface area contributed by atoms with Gasteiger partial charge in [0.15, 0.2) is 5.78 Å². The van der Waals surface area contributed by atoms with E-state index in [4.69, 9.17) is 9.47 Å². The minimum Gasteiger partial charge on any atom is -0.468 e. The number of halogens is 1. The Morgan fingerprint density at radius 1 is 1.16 bits per heavy atom. The number of carbonyl (C=O) groups is 3. The van der Waals surface area contributed by atoms with Crippen LogP contribution in [0.25, 0.3) is 0 Å². The van der Waals surface area contributed by atoms with Gasteiger partial charge in [-0.15, -0.1) is 11.3 Å². The third-order valence-corrected chi connectivity index (χ3v) is 6.97. The lowest BCUT2D eigenvalue weighted by molar-refractivity contribution is -0.149. The van der Waals surface area contributed by atoms with Crippen LogP contribution in [0.3, 0.4) is 0 Å². The third kappa shape index (κ3) is 3.64. The summed E-state index contributed by atoms with van der Waals surface area (Å²) in [6.07, 6.45) is 0.374. The van der Waals surface area contributed by atoms with Crippen molar-refractivity contribution in [2.45, 2.75) is 25.2 Å². The highest BCUT2D eigenvalue weighted by atomic mass is 32.1. The molecule has 0 radical (unpaired) electrons. The number of hydrogen-bond acceptors (Lipinski definition) is 7. The van der Waals surface area contributed by atoms with Crippen molar-refractivity contribution in [1.82, 2.24) is 5.32 Å². The molecule has 2 aromatic rings. The van der Waals surface area contributed by atoms with Crippen LogP contribution in [0.2, 0.25) is 0 Å². The number of esters is 2. The summed E-state index contributed by atoms with van der Waals surface area (Å²) < 4.78 is 24.1. The molecule has 1 aromatic carbocycles. The van der Waals surface area contributed by atoms with E-state index in [1.54, 1.807) is 13.0 Å². The lowest BCUT2D eigenvalue weighted by Crippen LogP contribution is -2.43. The van der Waals surface area contributed by atoms with E-state index in [1.807, 2.05) is 17.5 Å². The molecule has 0 saturated carbocycles. The Bertz CT molecular complexity index is 1150. The van der Waals surface area contributed by atoms with Crippen molar-refractivity contribution in [3.63, 3.8) is 0 Å². The van der Waals surface area contributed by atoms with E-state index >= 15 is 0 Å². The van der Waals surface area contributed by atoms with Gasteiger partial charge in [0, 0.05) is 33.7 Å². The zero-order valence-corrected chi connectivity index (χ0v) is 18.6. The van der Waals surface area contributed by atoms with Crippen LogP contribution in [-0.2, 0) is 23.9 Å². The highest BCUT2D eigenvalue weighted by molar-refractivity contribution is 7.10. The monoisotopic (exact) mass is 455 g/mol.